The maximum atomic E-state index is 11.4. The van der Waals surface area contributed by atoms with Gasteiger partial charge in [0.15, 0.2) is 0 Å². The topological polar surface area (TPSA) is 26.3 Å². The van der Waals surface area contributed by atoms with E-state index in [9.17, 15) is 4.79 Å². The second-order valence-corrected chi connectivity index (χ2v) is 3.99. The highest BCUT2D eigenvalue weighted by atomic mass is 16.5. The van der Waals surface area contributed by atoms with Gasteiger partial charge in [0.05, 0.1) is 13.2 Å². The summed E-state index contributed by atoms with van der Waals surface area (Å²) < 4.78 is 5.26. The van der Waals surface area contributed by atoms with Gasteiger partial charge < -0.3 is 4.74 Å². The van der Waals surface area contributed by atoms with Crippen molar-refractivity contribution in [3.05, 3.63) is 11.6 Å². The predicted molar refractivity (Wildman–Crippen MR) is 57.2 cm³/mol. The minimum atomic E-state index is 0.131. The van der Waals surface area contributed by atoms with E-state index in [4.69, 9.17) is 4.74 Å². The Bertz CT molecular complexity index is 210. The molecule has 2 nitrogen and oxygen atoms in total. The van der Waals surface area contributed by atoms with Gasteiger partial charge in [-0.25, -0.2) is 0 Å². The first kappa shape index (κ1) is 11.4. The van der Waals surface area contributed by atoms with Crippen LogP contribution in [0.15, 0.2) is 11.6 Å². The van der Waals surface area contributed by atoms with Crippen molar-refractivity contribution < 1.29 is 9.53 Å². The zero-order valence-electron chi connectivity index (χ0n) is 9.21. The van der Waals surface area contributed by atoms with E-state index in [0.29, 0.717) is 0 Å². The van der Waals surface area contributed by atoms with Crippen LogP contribution in [-0.2, 0) is 9.53 Å². The van der Waals surface area contributed by atoms with Crippen LogP contribution in [0.2, 0.25) is 0 Å². The Balaban J connectivity index is 2.49. The number of carbonyl (C=O) groups excluding carboxylic acids is 1. The molecule has 0 aliphatic carbocycles. The van der Waals surface area contributed by atoms with E-state index in [1.54, 1.807) is 6.92 Å². The molecule has 0 saturated carbocycles. The fourth-order valence-corrected chi connectivity index (χ4v) is 1.72. The Kier molecular flexibility index (Phi) is 4.88. The van der Waals surface area contributed by atoms with E-state index in [1.807, 2.05) is 0 Å². The third-order valence-corrected chi connectivity index (χ3v) is 2.68. The van der Waals surface area contributed by atoms with Crippen molar-refractivity contribution in [3.8, 4) is 0 Å². The van der Waals surface area contributed by atoms with Crippen LogP contribution >= 0.6 is 0 Å². The SMILES string of the molecule is CCCCC(C=C1CCOC1)C(C)=O. The van der Waals surface area contributed by atoms with E-state index in [-0.39, 0.29) is 11.7 Å². The van der Waals surface area contributed by atoms with Crippen molar-refractivity contribution in [1.82, 2.24) is 0 Å². The number of allylic oxidation sites excluding steroid dienone is 1. The third kappa shape index (κ3) is 3.62. The molecule has 1 saturated heterocycles. The highest BCUT2D eigenvalue weighted by Crippen LogP contribution is 2.18. The van der Waals surface area contributed by atoms with Crippen LogP contribution in [-0.4, -0.2) is 19.0 Å². The Labute approximate surface area is 86.3 Å². The van der Waals surface area contributed by atoms with Crippen LogP contribution < -0.4 is 0 Å². The zero-order chi connectivity index (χ0) is 10.4. The van der Waals surface area contributed by atoms with Gasteiger partial charge in [-0.1, -0.05) is 25.8 Å². The number of hydrogen-bond acceptors (Lipinski definition) is 2. The Morgan fingerprint density at radius 1 is 1.64 bits per heavy atom. The first-order valence-electron chi connectivity index (χ1n) is 5.51. The normalized spacial score (nSPS) is 21.4. The monoisotopic (exact) mass is 196 g/mol. The molecule has 1 rings (SSSR count). The van der Waals surface area contributed by atoms with Crippen molar-refractivity contribution in [1.29, 1.82) is 0 Å². The summed E-state index contributed by atoms with van der Waals surface area (Å²) in [6, 6.07) is 0. The first-order chi connectivity index (χ1) is 6.74. The van der Waals surface area contributed by atoms with Gasteiger partial charge in [-0.3, -0.25) is 4.79 Å². The average molecular weight is 196 g/mol. The molecule has 1 aliphatic rings. The van der Waals surface area contributed by atoms with Gasteiger partial charge in [0.25, 0.3) is 0 Å². The third-order valence-electron chi connectivity index (χ3n) is 2.68. The first-order valence-corrected chi connectivity index (χ1v) is 5.51. The molecule has 0 amide bonds. The molecule has 1 fully saturated rings. The summed E-state index contributed by atoms with van der Waals surface area (Å²) in [5.41, 5.74) is 1.31. The largest absolute Gasteiger partial charge is 0.377 e. The van der Waals surface area contributed by atoms with Crippen molar-refractivity contribution in [3.63, 3.8) is 0 Å². The van der Waals surface area contributed by atoms with Crippen molar-refractivity contribution >= 4 is 5.78 Å². The maximum Gasteiger partial charge on any atom is 0.136 e. The summed E-state index contributed by atoms with van der Waals surface area (Å²) in [5.74, 6) is 0.421. The van der Waals surface area contributed by atoms with Crippen LogP contribution in [0.5, 0.6) is 0 Å². The lowest BCUT2D eigenvalue weighted by Crippen LogP contribution is -2.09. The Morgan fingerprint density at radius 3 is 2.93 bits per heavy atom. The summed E-state index contributed by atoms with van der Waals surface area (Å²) in [6.45, 7) is 5.40. The molecule has 1 atom stereocenters. The number of ether oxygens (including phenoxy) is 1. The number of rotatable bonds is 5. The van der Waals surface area contributed by atoms with E-state index in [0.717, 1.165) is 38.9 Å². The van der Waals surface area contributed by atoms with E-state index in [2.05, 4.69) is 13.0 Å². The van der Waals surface area contributed by atoms with Crippen LogP contribution in [0.1, 0.15) is 39.5 Å². The average Bonchev–Trinajstić information content (AvgIpc) is 2.64. The van der Waals surface area contributed by atoms with Gasteiger partial charge in [-0.05, 0) is 25.3 Å². The summed E-state index contributed by atoms with van der Waals surface area (Å²) in [4.78, 5) is 11.4. The smallest absolute Gasteiger partial charge is 0.136 e. The molecule has 0 aromatic heterocycles. The zero-order valence-corrected chi connectivity index (χ0v) is 9.21. The van der Waals surface area contributed by atoms with Gasteiger partial charge in [-0.2, -0.15) is 0 Å². The van der Waals surface area contributed by atoms with E-state index >= 15 is 0 Å². The minimum Gasteiger partial charge on any atom is -0.377 e. The van der Waals surface area contributed by atoms with Crippen LogP contribution in [0.4, 0.5) is 0 Å². The molecule has 14 heavy (non-hydrogen) atoms. The highest BCUT2D eigenvalue weighted by Gasteiger charge is 2.14. The summed E-state index contributed by atoms with van der Waals surface area (Å²) in [7, 11) is 0. The molecule has 0 bridgehead atoms. The van der Waals surface area contributed by atoms with Crippen molar-refractivity contribution in [2.45, 2.75) is 39.5 Å². The molecule has 1 aliphatic heterocycles. The van der Waals surface area contributed by atoms with Crippen LogP contribution in [0, 0.1) is 5.92 Å². The standard InChI is InChI=1S/C12H20O2/c1-3-4-5-12(10(2)13)8-11-6-7-14-9-11/h8,12H,3-7,9H2,1-2H3. The van der Waals surface area contributed by atoms with Gasteiger partial charge in [-0.15, -0.1) is 0 Å². The molecule has 0 radical (unpaired) electrons. The number of carbonyl (C=O) groups is 1. The summed E-state index contributed by atoms with van der Waals surface area (Å²) in [5, 5.41) is 0. The molecule has 0 aromatic rings. The lowest BCUT2D eigenvalue weighted by Gasteiger charge is -2.09. The van der Waals surface area contributed by atoms with E-state index < -0.39 is 0 Å². The predicted octanol–water partition coefficient (Wildman–Crippen LogP) is 2.73. The molecule has 0 aromatic carbocycles. The lowest BCUT2D eigenvalue weighted by molar-refractivity contribution is -0.119. The molecule has 0 spiro atoms. The highest BCUT2D eigenvalue weighted by molar-refractivity contribution is 5.80. The van der Waals surface area contributed by atoms with Gasteiger partial charge in [0.2, 0.25) is 0 Å². The Morgan fingerprint density at radius 2 is 2.43 bits per heavy atom. The van der Waals surface area contributed by atoms with Crippen molar-refractivity contribution in [2.24, 2.45) is 5.92 Å². The molecule has 1 heterocycles. The number of hydrogen-bond donors (Lipinski definition) is 0. The fraction of sp³-hybridized carbons (Fsp3) is 0.750. The summed E-state index contributed by atoms with van der Waals surface area (Å²) in [6.07, 6.45) is 6.43. The minimum absolute atomic E-state index is 0.131. The molecular weight excluding hydrogens is 176 g/mol. The van der Waals surface area contributed by atoms with E-state index in [1.165, 1.54) is 5.57 Å². The summed E-state index contributed by atoms with van der Waals surface area (Å²) >= 11 is 0. The van der Waals surface area contributed by atoms with Gasteiger partial charge >= 0.3 is 0 Å². The molecule has 0 N–H and O–H groups in total. The molecule has 80 valence electrons. The second-order valence-electron chi connectivity index (χ2n) is 3.99. The molecule has 2 heteroatoms. The maximum absolute atomic E-state index is 11.4. The second kappa shape index (κ2) is 5.97. The lowest BCUT2D eigenvalue weighted by atomic mass is 9.95. The fourth-order valence-electron chi connectivity index (χ4n) is 1.72. The quantitative estimate of drug-likeness (QED) is 0.632. The number of Topliss-reactive ketones (excluding diaryl/α,β-unsaturated/α-hetero) is 1. The van der Waals surface area contributed by atoms with Gasteiger partial charge in [0.1, 0.15) is 5.78 Å². The Hall–Kier alpha value is -0.630. The van der Waals surface area contributed by atoms with Gasteiger partial charge in [0, 0.05) is 5.92 Å². The molecular formula is C12H20O2. The number of unbranched alkanes of at least 4 members (excludes halogenated alkanes) is 1. The van der Waals surface area contributed by atoms with Crippen LogP contribution in [0.25, 0.3) is 0 Å². The number of ketones is 1. The molecule has 1 unspecified atom stereocenters. The van der Waals surface area contributed by atoms with Crippen molar-refractivity contribution in [2.75, 3.05) is 13.2 Å². The van der Waals surface area contributed by atoms with Crippen LogP contribution in [0.3, 0.4) is 0 Å².